The number of hydrogen-bond acceptors (Lipinski definition) is 2. The molecular formula is C17H18O2. The Balaban J connectivity index is 2.14. The molecular weight excluding hydrogens is 236 g/mol. The van der Waals surface area contributed by atoms with E-state index in [1.54, 1.807) is 0 Å². The van der Waals surface area contributed by atoms with E-state index in [4.69, 9.17) is 4.74 Å². The Morgan fingerprint density at radius 2 is 1.58 bits per heavy atom. The molecule has 0 aliphatic heterocycles. The van der Waals surface area contributed by atoms with Gasteiger partial charge in [0.2, 0.25) is 0 Å². The van der Waals surface area contributed by atoms with Gasteiger partial charge in [0.1, 0.15) is 6.10 Å². The Bertz CT molecular complexity index is 505. The van der Waals surface area contributed by atoms with Crippen LogP contribution in [0.25, 0.3) is 0 Å². The van der Waals surface area contributed by atoms with Crippen LogP contribution in [0.3, 0.4) is 0 Å². The first kappa shape index (κ1) is 13.5. The molecule has 0 aliphatic rings. The van der Waals surface area contributed by atoms with E-state index in [0.29, 0.717) is 18.6 Å². The summed E-state index contributed by atoms with van der Waals surface area (Å²) >= 11 is 0. The molecule has 0 bridgehead atoms. The van der Waals surface area contributed by atoms with Crippen LogP contribution in [0.1, 0.15) is 22.8 Å². The van der Waals surface area contributed by atoms with Gasteiger partial charge in [-0.25, -0.2) is 0 Å². The largest absolute Gasteiger partial charge is 0.370 e. The van der Waals surface area contributed by atoms with Gasteiger partial charge in [0.15, 0.2) is 5.78 Å². The van der Waals surface area contributed by atoms with Gasteiger partial charge in [0.05, 0.1) is 0 Å². The number of ether oxygens (including phenoxy) is 1. The molecule has 0 heterocycles. The summed E-state index contributed by atoms with van der Waals surface area (Å²) in [6.07, 6.45) is 0.206. The lowest BCUT2D eigenvalue weighted by Crippen LogP contribution is -2.27. The molecule has 0 radical (unpaired) electrons. The zero-order chi connectivity index (χ0) is 13.5. The summed E-state index contributed by atoms with van der Waals surface area (Å²) in [5, 5.41) is 0. The van der Waals surface area contributed by atoms with E-state index < -0.39 is 6.10 Å². The summed E-state index contributed by atoms with van der Waals surface area (Å²) in [6, 6.07) is 19.3. The van der Waals surface area contributed by atoms with Gasteiger partial charge in [-0.2, -0.15) is 0 Å². The van der Waals surface area contributed by atoms with Gasteiger partial charge in [0.25, 0.3) is 0 Å². The molecule has 98 valence electrons. The number of carbonyl (C=O) groups is 1. The average molecular weight is 254 g/mol. The van der Waals surface area contributed by atoms with Crippen molar-refractivity contribution in [1.29, 1.82) is 0 Å². The van der Waals surface area contributed by atoms with Crippen molar-refractivity contribution in [2.75, 3.05) is 6.61 Å². The van der Waals surface area contributed by atoms with Gasteiger partial charge in [-0.1, -0.05) is 60.7 Å². The van der Waals surface area contributed by atoms with Crippen LogP contribution in [0, 0.1) is 0 Å². The van der Waals surface area contributed by atoms with Crippen LogP contribution >= 0.6 is 0 Å². The molecule has 0 saturated carbocycles. The second-order valence-corrected chi connectivity index (χ2v) is 4.36. The molecule has 19 heavy (non-hydrogen) atoms. The highest BCUT2D eigenvalue weighted by molar-refractivity contribution is 5.99. The third kappa shape index (κ3) is 3.76. The molecule has 0 saturated heterocycles. The van der Waals surface area contributed by atoms with E-state index in [0.717, 1.165) is 5.56 Å². The highest BCUT2D eigenvalue weighted by atomic mass is 16.5. The molecule has 2 aromatic carbocycles. The summed E-state index contributed by atoms with van der Waals surface area (Å²) in [6.45, 7) is 2.45. The highest BCUT2D eigenvalue weighted by Gasteiger charge is 2.20. The Labute approximate surface area is 114 Å². The van der Waals surface area contributed by atoms with Crippen LogP contribution in [0.5, 0.6) is 0 Å². The number of Topliss-reactive ketones (excluding diaryl/α,β-unsaturated/α-hetero) is 1. The fourth-order valence-corrected chi connectivity index (χ4v) is 2.04. The van der Waals surface area contributed by atoms with Crippen molar-refractivity contribution >= 4 is 5.78 Å². The Hall–Kier alpha value is -1.93. The van der Waals surface area contributed by atoms with Crippen LogP contribution in [0.2, 0.25) is 0 Å². The predicted octanol–water partition coefficient (Wildman–Crippen LogP) is 3.52. The number of hydrogen-bond donors (Lipinski definition) is 0. The smallest absolute Gasteiger partial charge is 0.191 e. The average Bonchev–Trinajstić information content (AvgIpc) is 2.48. The molecule has 2 rings (SSSR count). The van der Waals surface area contributed by atoms with Gasteiger partial charge >= 0.3 is 0 Å². The highest BCUT2D eigenvalue weighted by Crippen LogP contribution is 2.12. The zero-order valence-electron chi connectivity index (χ0n) is 11.1. The number of ketones is 1. The van der Waals surface area contributed by atoms with E-state index in [9.17, 15) is 4.79 Å². The van der Waals surface area contributed by atoms with Gasteiger partial charge in [-0.05, 0) is 12.5 Å². The first-order valence-corrected chi connectivity index (χ1v) is 6.56. The molecule has 1 unspecified atom stereocenters. The Morgan fingerprint density at radius 3 is 2.16 bits per heavy atom. The first-order chi connectivity index (χ1) is 9.31. The molecule has 2 aromatic rings. The van der Waals surface area contributed by atoms with Gasteiger partial charge in [-0.3, -0.25) is 4.79 Å². The zero-order valence-corrected chi connectivity index (χ0v) is 11.1. The molecule has 0 amide bonds. The number of carbonyl (C=O) groups excluding carboxylic acids is 1. The number of benzene rings is 2. The summed E-state index contributed by atoms with van der Waals surface area (Å²) in [4.78, 5) is 12.4. The predicted molar refractivity (Wildman–Crippen MR) is 76.3 cm³/mol. The van der Waals surface area contributed by atoms with Crippen molar-refractivity contribution in [3.63, 3.8) is 0 Å². The topological polar surface area (TPSA) is 26.3 Å². The van der Waals surface area contributed by atoms with Crippen molar-refractivity contribution in [3.05, 3.63) is 71.8 Å². The summed E-state index contributed by atoms with van der Waals surface area (Å²) in [5.74, 6) is 0.0475. The number of rotatable bonds is 6. The molecule has 0 spiro atoms. The normalized spacial score (nSPS) is 12.1. The fourth-order valence-electron chi connectivity index (χ4n) is 2.04. The Kier molecular flexibility index (Phi) is 4.87. The van der Waals surface area contributed by atoms with Gasteiger partial charge in [0, 0.05) is 18.6 Å². The molecule has 0 aliphatic carbocycles. The minimum Gasteiger partial charge on any atom is -0.370 e. The van der Waals surface area contributed by atoms with E-state index in [1.807, 2.05) is 67.6 Å². The molecule has 0 aromatic heterocycles. The molecule has 2 nitrogen and oxygen atoms in total. The monoisotopic (exact) mass is 254 g/mol. The van der Waals surface area contributed by atoms with Crippen molar-refractivity contribution in [2.45, 2.75) is 19.4 Å². The maximum Gasteiger partial charge on any atom is 0.191 e. The second kappa shape index (κ2) is 6.86. The van der Waals surface area contributed by atoms with Gasteiger partial charge < -0.3 is 4.74 Å². The van der Waals surface area contributed by atoms with Crippen molar-refractivity contribution in [3.8, 4) is 0 Å². The summed E-state index contributed by atoms with van der Waals surface area (Å²) < 4.78 is 5.61. The maximum atomic E-state index is 12.4. The van der Waals surface area contributed by atoms with E-state index >= 15 is 0 Å². The summed E-state index contributed by atoms with van der Waals surface area (Å²) in [7, 11) is 0. The molecule has 0 fully saturated rings. The van der Waals surface area contributed by atoms with E-state index in [1.165, 1.54) is 0 Å². The van der Waals surface area contributed by atoms with Crippen LogP contribution in [-0.4, -0.2) is 18.5 Å². The Morgan fingerprint density at radius 1 is 1.00 bits per heavy atom. The van der Waals surface area contributed by atoms with Crippen LogP contribution in [0.15, 0.2) is 60.7 Å². The minimum absolute atomic E-state index is 0.0475. The van der Waals surface area contributed by atoms with Gasteiger partial charge in [-0.15, -0.1) is 0 Å². The minimum atomic E-state index is -0.408. The van der Waals surface area contributed by atoms with Crippen molar-refractivity contribution in [1.82, 2.24) is 0 Å². The lowest BCUT2D eigenvalue weighted by molar-refractivity contribution is 0.0458. The van der Waals surface area contributed by atoms with Crippen LogP contribution in [-0.2, 0) is 11.2 Å². The first-order valence-electron chi connectivity index (χ1n) is 6.56. The maximum absolute atomic E-state index is 12.4. The quantitative estimate of drug-likeness (QED) is 0.737. The summed E-state index contributed by atoms with van der Waals surface area (Å²) in [5.41, 5.74) is 1.82. The van der Waals surface area contributed by atoms with E-state index in [2.05, 4.69) is 0 Å². The fraction of sp³-hybridized carbons (Fsp3) is 0.235. The lowest BCUT2D eigenvalue weighted by atomic mass is 10.00. The van der Waals surface area contributed by atoms with Crippen LogP contribution < -0.4 is 0 Å². The SMILES string of the molecule is CCOC(Cc1ccccc1)C(=O)c1ccccc1. The van der Waals surface area contributed by atoms with Crippen LogP contribution in [0.4, 0.5) is 0 Å². The molecule has 2 heteroatoms. The third-order valence-corrected chi connectivity index (χ3v) is 2.98. The standard InChI is InChI=1S/C17H18O2/c1-2-19-16(13-14-9-5-3-6-10-14)17(18)15-11-7-4-8-12-15/h3-12,16H,2,13H2,1H3. The molecule has 0 N–H and O–H groups in total. The van der Waals surface area contributed by atoms with Crippen molar-refractivity contribution in [2.24, 2.45) is 0 Å². The van der Waals surface area contributed by atoms with Crippen molar-refractivity contribution < 1.29 is 9.53 Å². The second-order valence-electron chi connectivity index (χ2n) is 4.36. The molecule has 1 atom stereocenters. The van der Waals surface area contributed by atoms with E-state index in [-0.39, 0.29) is 5.78 Å². The lowest BCUT2D eigenvalue weighted by Gasteiger charge is -2.16. The third-order valence-electron chi connectivity index (χ3n) is 2.98.